The Morgan fingerprint density at radius 2 is 1.97 bits per heavy atom. The van der Waals surface area contributed by atoms with E-state index in [4.69, 9.17) is 16.3 Å². The molecule has 3 heterocycles. The summed E-state index contributed by atoms with van der Waals surface area (Å²) in [5.41, 5.74) is 1.75. The monoisotopic (exact) mass is 459 g/mol. The number of ether oxygens (including phenoxy) is 1. The maximum Gasteiger partial charge on any atom is 0.235 e. The summed E-state index contributed by atoms with van der Waals surface area (Å²) < 4.78 is 11.3. The van der Waals surface area contributed by atoms with Crippen LogP contribution in [0, 0.1) is 6.92 Å². The number of aromatic nitrogens is 6. The number of nitrogens with one attached hydrogen (secondary N) is 1. The largest absolute Gasteiger partial charge is 0.372 e. The van der Waals surface area contributed by atoms with E-state index in [1.54, 1.807) is 19.5 Å². The molecule has 3 aromatic rings. The molecule has 0 radical (unpaired) electrons. The highest BCUT2D eigenvalue weighted by Crippen LogP contribution is 2.43. The Balaban J connectivity index is 1.57. The molecule has 10 heteroatoms. The molecule has 0 amide bonds. The van der Waals surface area contributed by atoms with Gasteiger partial charge in [-0.1, -0.05) is 17.7 Å². The summed E-state index contributed by atoms with van der Waals surface area (Å²) in [6.07, 6.45) is 6.21. The van der Waals surface area contributed by atoms with Crippen LogP contribution in [-0.2, 0) is 10.3 Å². The van der Waals surface area contributed by atoms with E-state index in [1.807, 2.05) is 25.1 Å². The topological polar surface area (TPSA) is 90.6 Å². The predicted molar refractivity (Wildman–Crippen MR) is 123 cm³/mol. The highest BCUT2D eigenvalue weighted by molar-refractivity contribution is 8.01. The summed E-state index contributed by atoms with van der Waals surface area (Å²) in [6, 6.07) is 5.96. The molecule has 1 aliphatic carbocycles. The molecule has 8 nitrogen and oxygen atoms in total. The number of halogens is 1. The minimum Gasteiger partial charge on any atom is -0.372 e. The summed E-state index contributed by atoms with van der Waals surface area (Å²) in [4.78, 5) is 13.3. The van der Waals surface area contributed by atoms with Crippen molar-refractivity contribution in [2.24, 2.45) is 0 Å². The molecule has 4 rings (SSSR count). The van der Waals surface area contributed by atoms with Gasteiger partial charge in [-0.15, -0.1) is 10.2 Å². The SMILES string of the molecule is COC(c1ncc(Cl)cn1)C(C)SNc1nnc(-c2cccc(C)n2)n1C1(C)CCC1. The van der Waals surface area contributed by atoms with E-state index >= 15 is 0 Å². The Morgan fingerprint density at radius 3 is 2.58 bits per heavy atom. The zero-order valence-electron chi connectivity index (χ0n) is 18.0. The van der Waals surface area contributed by atoms with Gasteiger partial charge in [0.2, 0.25) is 5.95 Å². The molecule has 0 aliphatic heterocycles. The van der Waals surface area contributed by atoms with Gasteiger partial charge in [-0.2, -0.15) is 0 Å². The van der Waals surface area contributed by atoms with E-state index in [2.05, 4.69) is 48.3 Å². The molecule has 31 heavy (non-hydrogen) atoms. The van der Waals surface area contributed by atoms with Crippen LogP contribution < -0.4 is 4.72 Å². The summed E-state index contributed by atoms with van der Waals surface area (Å²) in [5, 5.41) is 9.46. The van der Waals surface area contributed by atoms with Crippen LogP contribution in [0.4, 0.5) is 5.95 Å². The number of pyridine rings is 1. The Hall–Kier alpha value is -2.23. The van der Waals surface area contributed by atoms with E-state index in [-0.39, 0.29) is 16.9 Å². The second-order valence-corrected chi connectivity index (χ2v) is 9.66. The van der Waals surface area contributed by atoms with Crippen molar-refractivity contribution in [2.75, 3.05) is 11.8 Å². The first kappa shape index (κ1) is 22.0. The zero-order chi connectivity index (χ0) is 22.0. The molecule has 164 valence electrons. The molecule has 3 aromatic heterocycles. The standard InChI is InChI=1S/C21H26ClN7OS/c1-13-7-5-8-16(25-13)19-26-27-20(29(19)21(3)9-6-10-21)28-31-14(2)17(30-4)18-23-11-15(22)12-24-18/h5,7-8,11-12,14,17H,6,9-10H2,1-4H3,(H,27,28). The van der Waals surface area contributed by atoms with E-state index in [9.17, 15) is 0 Å². The average molecular weight is 460 g/mol. The molecule has 0 saturated heterocycles. The fraction of sp³-hybridized carbons (Fsp3) is 0.476. The number of anilines is 1. The van der Waals surface area contributed by atoms with Gasteiger partial charge in [0.25, 0.3) is 0 Å². The molecule has 0 spiro atoms. The summed E-state index contributed by atoms with van der Waals surface area (Å²) in [5.74, 6) is 2.08. The normalized spacial score (nSPS) is 17.1. The second-order valence-electron chi connectivity index (χ2n) is 8.04. The molecular formula is C21H26ClN7OS. The third-order valence-electron chi connectivity index (χ3n) is 5.66. The maximum absolute atomic E-state index is 5.92. The number of methoxy groups -OCH3 is 1. The highest BCUT2D eigenvalue weighted by atomic mass is 35.5. The van der Waals surface area contributed by atoms with Crippen molar-refractivity contribution in [3.63, 3.8) is 0 Å². The Morgan fingerprint density at radius 1 is 1.23 bits per heavy atom. The average Bonchev–Trinajstić information content (AvgIpc) is 3.17. The van der Waals surface area contributed by atoms with E-state index in [0.717, 1.165) is 30.1 Å². The minimum atomic E-state index is -0.302. The first-order valence-electron chi connectivity index (χ1n) is 10.2. The summed E-state index contributed by atoms with van der Waals surface area (Å²) in [7, 11) is 1.65. The molecular weight excluding hydrogens is 434 g/mol. The first-order valence-corrected chi connectivity index (χ1v) is 11.5. The number of hydrogen-bond donors (Lipinski definition) is 1. The van der Waals surface area contributed by atoms with Crippen molar-refractivity contribution in [1.29, 1.82) is 0 Å². The molecule has 0 aromatic carbocycles. The van der Waals surface area contributed by atoms with Crippen LogP contribution in [-0.4, -0.2) is 42.1 Å². The van der Waals surface area contributed by atoms with Gasteiger partial charge in [0, 0.05) is 30.7 Å². The molecule has 1 N–H and O–H groups in total. The molecule has 2 unspecified atom stereocenters. The van der Waals surface area contributed by atoms with Crippen LogP contribution in [0.1, 0.15) is 50.7 Å². The van der Waals surface area contributed by atoms with Crippen molar-refractivity contribution >= 4 is 29.5 Å². The van der Waals surface area contributed by atoms with Crippen LogP contribution in [0.25, 0.3) is 11.5 Å². The van der Waals surface area contributed by atoms with E-state index in [0.29, 0.717) is 16.8 Å². The summed E-state index contributed by atoms with van der Waals surface area (Å²) >= 11 is 7.42. The van der Waals surface area contributed by atoms with Gasteiger partial charge in [-0.05, 0) is 64.1 Å². The van der Waals surface area contributed by atoms with Gasteiger partial charge < -0.3 is 4.74 Å². The van der Waals surface area contributed by atoms with Crippen LogP contribution in [0.15, 0.2) is 30.6 Å². The molecule has 1 saturated carbocycles. The fourth-order valence-corrected chi connectivity index (χ4v) is 4.67. The van der Waals surface area contributed by atoms with Crippen LogP contribution in [0.3, 0.4) is 0 Å². The zero-order valence-corrected chi connectivity index (χ0v) is 19.6. The van der Waals surface area contributed by atoms with Crippen molar-refractivity contribution in [2.45, 2.75) is 56.9 Å². The lowest BCUT2D eigenvalue weighted by atomic mass is 9.78. The van der Waals surface area contributed by atoms with Crippen molar-refractivity contribution in [3.8, 4) is 11.5 Å². The lowest BCUT2D eigenvalue weighted by Crippen LogP contribution is -2.38. The van der Waals surface area contributed by atoms with E-state index in [1.165, 1.54) is 18.4 Å². The second kappa shape index (κ2) is 9.10. The fourth-order valence-electron chi connectivity index (χ4n) is 3.79. The highest BCUT2D eigenvalue weighted by Gasteiger charge is 2.38. The van der Waals surface area contributed by atoms with Crippen molar-refractivity contribution in [3.05, 3.63) is 47.1 Å². The molecule has 2 atom stereocenters. The molecule has 1 fully saturated rings. The van der Waals surface area contributed by atoms with Gasteiger partial charge >= 0.3 is 0 Å². The summed E-state index contributed by atoms with van der Waals surface area (Å²) in [6.45, 7) is 6.28. The number of rotatable bonds is 8. The Kier molecular flexibility index (Phi) is 6.45. The Bertz CT molecular complexity index is 1040. The number of hydrogen-bond acceptors (Lipinski definition) is 8. The van der Waals surface area contributed by atoms with Crippen LogP contribution in [0.5, 0.6) is 0 Å². The van der Waals surface area contributed by atoms with Crippen LogP contribution >= 0.6 is 23.5 Å². The van der Waals surface area contributed by atoms with Gasteiger partial charge in [0.05, 0.1) is 10.3 Å². The Labute approximate surface area is 191 Å². The third-order valence-corrected chi connectivity index (χ3v) is 6.78. The first-order chi connectivity index (χ1) is 14.9. The minimum absolute atomic E-state index is 0.00562. The van der Waals surface area contributed by atoms with Gasteiger partial charge in [-0.25, -0.2) is 15.0 Å². The van der Waals surface area contributed by atoms with Crippen molar-refractivity contribution in [1.82, 2.24) is 29.7 Å². The van der Waals surface area contributed by atoms with Gasteiger partial charge in [-0.3, -0.25) is 9.29 Å². The van der Waals surface area contributed by atoms with Gasteiger partial charge in [0.1, 0.15) is 11.8 Å². The van der Waals surface area contributed by atoms with E-state index < -0.39 is 0 Å². The van der Waals surface area contributed by atoms with Crippen molar-refractivity contribution < 1.29 is 4.74 Å². The van der Waals surface area contributed by atoms with Gasteiger partial charge in [0.15, 0.2) is 11.6 Å². The third kappa shape index (κ3) is 4.53. The lowest BCUT2D eigenvalue weighted by molar-refractivity contribution is 0.0972. The number of aryl methyl sites for hydroxylation is 1. The smallest absolute Gasteiger partial charge is 0.235 e. The predicted octanol–water partition coefficient (Wildman–Crippen LogP) is 4.83. The molecule has 1 aliphatic rings. The maximum atomic E-state index is 5.92. The van der Waals surface area contributed by atoms with Crippen LogP contribution in [0.2, 0.25) is 5.02 Å². The number of nitrogens with zero attached hydrogens (tertiary/aromatic N) is 6. The lowest BCUT2D eigenvalue weighted by Gasteiger charge is -2.41. The molecule has 0 bridgehead atoms. The quantitative estimate of drug-likeness (QED) is 0.479.